The van der Waals surface area contributed by atoms with Crippen LogP contribution in [0.15, 0.2) is 47.2 Å². The van der Waals surface area contributed by atoms with Crippen LogP contribution in [0, 0.1) is 5.82 Å². The third kappa shape index (κ3) is 4.39. The van der Waals surface area contributed by atoms with Gasteiger partial charge in [0.15, 0.2) is 0 Å². The Morgan fingerprint density at radius 3 is 2.65 bits per heavy atom. The van der Waals surface area contributed by atoms with Crippen LogP contribution < -0.4 is 5.32 Å². The molecule has 4 heteroatoms. The quantitative estimate of drug-likeness (QED) is 0.852. The van der Waals surface area contributed by atoms with E-state index in [4.69, 9.17) is 0 Å². The second-order valence-electron chi connectivity index (χ2n) is 4.77. The number of hydrogen-bond acceptors (Lipinski definition) is 2. The second kappa shape index (κ2) is 7.50. The molecule has 2 rings (SSSR count). The van der Waals surface area contributed by atoms with Gasteiger partial charge in [0.1, 0.15) is 5.82 Å². The van der Waals surface area contributed by atoms with Gasteiger partial charge in [0.05, 0.1) is 0 Å². The predicted octanol–water partition coefficient (Wildman–Crippen LogP) is 4.27. The molecule has 0 saturated heterocycles. The number of pyridine rings is 1. The van der Waals surface area contributed by atoms with E-state index in [2.05, 4.69) is 33.2 Å². The molecule has 1 unspecified atom stereocenters. The molecule has 0 spiro atoms. The van der Waals surface area contributed by atoms with Gasteiger partial charge in [-0.05, 0) is 60.8 Å². The summed E-state index contributed by atoms with van der Waals surface area (Å²) in [5.74, 6) is -0.215. The van der Waals surface area contributed by atoms with Crippen LogP contribution in [-0.4, -0.2) is 11.5 Å². The second-order valence-corrected chi connectivity index (χ2v) is 5.68. The molecule has 0 aliphatic carbocycles. The predicted molar refractivity (Wildman–Crippen MR) is 83.1 cm³/mol. The van der Waals surface area contributed by atoms with Gasteiger partial charge in [0, 0.05) is 22.9 Å². The first-order valence-corrected chi connectivity index (χ1v) is 7.56. The minimum absolute atomic E-state index is 0.101. The summed E-state index contributed by atoms with van der Waals surface area (Å²) in [4.78, 5) is 4.03. The van der Waals surface area contributed by atoms with Crippen molar-refractivity contribution < 1.29 is 4.39 Å². The average molecular weight is 337 g/mol. The average Bonchev–Trinajstić information content (AvgIpc) is 2.43. The number of hydrogen-bond donors (Lipinski definition) is 1. The summed E-state index contributed by atoms with van der Waals surface area (Å²) in [5.41, 5.74) is 2.15. The number of aromatic nitrogens is 1. The molecule has 0 aliphatic heterocycles. The molecule has 1 aromatic carbocycles. The molecule has 0 aliphatic rings. The minimum atomic E-state index is -0.215. The van der Waals surface area contributed by atoms with Crippen LogP contribution in [0.1, 0.15) is 30.5 Å². The molecular weight excluding hydrogens is 319 g/mol. The monoisotopic (exact) mass is 336 g/mol. The molecular formula is C16H18BrFN2. The highest BCUT2D eigenvalue weighted by atomic mass is 79.9. The van der Waals surface area contributed by atoms with E-state index >= 15 is 0 Å². The summed E-state index contributed by atoms with van der Waals surface area (Å²) in [6.07, 6.45) is 5.43. The van der Waals surface area contributed by atoms with Crippen LogP contribution in [0.3, 0.4) is 0 Å². The van der Waals surface area contributed by atoms with Crippen molar-refractivity contribution in [1.29, 1.82) is 0 Å². The number of halogens is 2. The Labute approximate surface area is 127 Å². The molecule has 0 fully saturated rings. The first kappa shape index (κ1) is 15.1. The fourth-order valence-electron chi connectivity index (χ4n) is 2.16. The molecule has 1 aromatic heterocycles. The van der Waals surface area contributed by atoms with Gasteiger partial charge in [-0.2, -0.15) is 0 Å². The molecule has 106 valence electrons. The first-order valence-electron chi connectivity index (χ1n) is 6.77. The fourth-order valence-corrected chi connectivity index (χ4v) is 2.64. The third-order valence-corrected chi connectivity index (χ3v) is 3.58. The lowest BCUT2D eigenvalue weighted by Crippen LogP contribution is -2.24. The molecule has 0 radical (unpaired) electrons. The smallest absolute Gasteiger partial charge is 0.124 e. The van der Waals surface area contributed by atoms with Gasteiger partial charge in [-0.1, -0.05) is 22.9 Å². The van der Waals surface area contributed by atoms with Crippen molar-refractivity contribution >= 4 is 15.9 Å². The zero-order chi connectivity index (χ0) is 14.4. The van der Waals surface area contributed by atoms with Gasteiger partial charge >= 0.3 is 0 Å². The van der Waals surface area contributed by atoms with Gasteiger partial charge in [0.25, 0.3) is 0 Å². The molecule has 0 saturated carbocycles. The Bertz CT molecular complexity index is 525. The topological polar surface area (TPSA) is 24.9 Å². The fraction of sp³-hybridized carbons (Fsp3) is 0.312. The van der Waals surface area contributed by atoms with Gasteiger partial charge in [-0.15, -0.1) is 0 Å². The summed E-state index contributed by atoms with van der Waals surface area (Å²) in [6.45, 7) is 3.03. The lowest BCUT2D eigenvalue weighted by molar-refractivity contribution is 0.523. The van der Waals surface area contributed by atoms with Gasteiger partial charge in [-0.25, -0.2) is 4.39 Å². The SMILES string of the molecule is CCCNC(Cc1ccncc1)c1cc(F)cc(Br)c1. The maximum Gasteiger partial charge on any atom is 0.124 e. The van der Waals surface area contributed by atoms with Crippen LogP contribution in [-0.2, 0) is 6.42 Å². The molecule has 20 heavy (non-hydrogen) atoms. The Morgan fingerprint density at radius 2 is 2.00 bits per heavy atom. The Kier molecular flexibility index (Phi) is 5.68. The largest absolute Gasteiger partial charge is 0.310 e. The maximum atomic E-state index is 13.6. The van der Waals surface area contributed by atoms with E-state index in [9.17, 15) is 4.39 Å². The van der Waals surface area contributed by atoms with Gasteiger partial charge < -0.3 is 5.32 Å². The third-order valence-electron chi connectivity index (χ3n) is 3.12. The van der Waals surface area contributed by atoms with E-state index in [-0.39, 0.29) is 11.9 Å². The van der Waals surface area contributed by atoms with E-state index in [1.54, 1.807) is 18.5 Å². The van der Waals surface area contributed by atoms with Crippen LogP contribution in [0.25, 0.3) is 0 Å². The van der Waals surface area contributed by atoms with E-state index in [1.165, 1.54) is 11.6 Å². The maximum absolute atomic E-state index is 13.6. The summed E-state index contributed by atoms with van der Waals surface area (Å²) in [6, 6.07) is 9.14. The highest BCUT2D eigenvalue weighted by molar-refractivity contribution is 9.10. The number of nitrogens with zero attached hydrogens (tertiary/aromatic N) is 1. The zero-order valence-electron chi connectivity index (χ0n) is 11.4. The molecule has 0 amide bonds. The minimum Gasteiger partial charge on any atom is -0.310 e. The van der Waals surface area contributed by atoms with Crippen molar-refractivity contribution in [2.24, 2.45) is 0 Å². The normalized spacial score (nSPS) is 12.3. The molecule has 1 atom stereocenters. The zero-order valence-corrected chi connectivity index (χ0v) is 13.0. The lowest BCUT2D eigenvalue weighted by Gasteiger charge is -2.19. The standard InChI is InChI=1S/C16H18BrFN2/c1-2-5-20-16(8-12-3-6-19-7-4-12)13-9-14(17)11-15(18)10-13/h3-4,6-7,9-11,16,20H,2,5,8H2,1H3. The summed E-state index contributed by atoms with van der Waals surface area (Å²) < 4.78 is 14.4. The van der Waals surface area contributed by atoms with Crippen LogP contribution in [0.4, 0.5) is 4.39 Å². The van der Waals surface area contributed by atoms with E-state index in [1.807, 2.05) is 18.2 Å². The molecule has 0 bridgehead atoms. The van der Waals surface area contributed by atoms with Crippen molar-refractivity contribution in [2.45, 2.75) is 25.8 Å². The van der Waals surface area contributed by atoms with Crippen molar-refractivity contribution in [3.63, 3.8) is 0 Å². The summed E-state index contributed by atoms with van der Waals surface area (Å²) in [7, 11) is 0. The van der Waals surface area contributed by atoms with E-state index in [0.29, 0.717) is 0 Å². The van der Waals surface area contributed by atoms with Crippen LogP contribution >= 0.6 is 15.9 Å². The number of rotatable bonds is 6. The van der Waals surface area contributed by atoms with Crippen molar-refractivity contribution in [3.8, 4) is 0 Å². The van der Waals surface area contributed by atoms with E-state index < -0.39 is 0 Å². The number of benzene rings is 1. The Balaban J connectivity index is 2.22. The van der Waals surface area contributed by atoms with Gasteiger partial charge in [0.2, 0.25) is 0 Å². The van der Waals surface area contributed by atoms with Crippen LogP contribution in [0.5, 0.6) is 0 Å². The number of nitrogens with one attached hydrogen (secondary N) is 1. The molecule has 2 nitrogen and oxygen atoms in total. The Morgan fingerprint density at radius 1 is 1.25 bits per heavy atom. The highest BCUT2D eigenvalue weighted by Crippen LogP contribution is 2.23. The molecule has 1 heterocycles. The lowest BCUT2D eigenvalue weighted by atomic mass is 9.99. The molecule has 2 aromatic rings. The highest BCUT2D eigenvalue weighted by Gasteiger charge is 2.13. The summed E-state index contributed by atoms with van der Waals surface area (Å²) >= 11 is 3.36. The summed E-state index contributed by atoms with van der Waals surface area (Å²) in [5, 5.41) is 3.48. The van der Waals surface area contributed by atoms with Crippen molar-refractivity contribution in [2.75, 3.05) is 6.54 Å². The van der Waals surface area contributed by atoms with Gasteiger partial charge in [-0.3, -0.25) is 4.98 Å². The van der Waals surface area contributed by atoms with Crippen molar-refractivity contribution in [1.82, 2.24) is 10.3 Å². The Hall–Kier alpha value is -1.26. The van der Waals surface area contributed by atoms with Crippen LogP contribution in [0.2, 0.25) is 0 Å². The van der Waals surface area contributed by atoms with Crippen molar-refractivity contribution in [3.05, 3.63) is 64.1 Å². The molecule has 1 N–H and O–H groups in total. The first-order chi connectivity index (χ1) is 9.69. The van der Waals surface area contributed by atoms with E-state index in [0.717, 1.165) is 29.4 Å².